The van der Waals surface area contributed by atoms with Gasteiger partial charge in [0.25, 0.3) is 0 Å². The number of unbranched alkanes of at least 4 members (excludes halogenated alkanes) is 2. The Hall–Kier alpha value is -0.480. The highest BCUT2D eigenvalue weighted by Gasteiger charge is 2.15. The molecule has 0 rings (SSSR count). The molecule has 0 aromatic rings. The maximum atomic E-state index is 11.0. The van der Waals surface area contributed by atoms with Gasteiger partial charge in [-0.25, -0.2) is 0 Å². The molecular formula is C13H25NO2S. The van der Waals surface area contributed by atoms with Crippen molar-refractivity contribution in [2.45, 2.75) is 46.1 Å². The molecule has 0 aromatic carbocycles. The molecule has 2 N–H and O–H groups in total. The molecule has 0 aliphatic rings. The van der Waals surface area contributed by atoms with E-state index in [-0.39, 0.29) is 0 Å². The van der Waals surface area contributed by atoms with E-state index >= 15 is 0 Å². The molecule has 1 unspecified atom stereocenters. The molecule has 17 heavy (non-hydrogen) atoms. The maximum Gasteiger partial charge on any atom is 0.321 e. The van der Waals surface area contributed by atoms with Crippen LogP contribution >= 0.6 is 11.8 Å². The Bertz CT molecular complexity index is 238. The van der Waals surface area contributed by atoms with Crippen molar-refractivity contribution in [3.63, 3.8) is 0 Å². The molecule has 0 radical (unpaired) electrons. The van der Waals surface area contributed by atoms with Crippen molar-refractivity contribution in [1.82, 2.24) is 5.32 Å². The largest absolute Gasteiger partial charge is 0.480 e. The second kappa shape index (κ2) is 10.7. The van der Waals surface area contributed by atoms with Gasteiger partial charge in [0.1, 0.15) is 6.04 Å². The zero-order chi connectivity index (χ0) is 13.1. The van der Waals surface area contributed by atoms with Gasteiger partial charge in [0.2, 0.25) is 0 Å². The second-order valence-corrected chi connectivity index (χ2v) is 5.45. The molecule has 1 atom stereocenters. The van der Waals surface area contributed by atoms with Gasteiger partial charge in [-0.2, -0.15) is 11.8 Å². The zero-order valence-electron chi connectivity index (χ0n) is 11.2. The number of thioether (sulfide) groups is 1. The van der Waals surface area contributed by atoms with E-state index in [4.69, 9.17) is 5.11 Å². The number of hydrogen-bond acceptors (Lipinski definition) is 3. The summed E-state index contributed by atoms with van der Waals surface area (Å²) in [5.41, 5.74) is 1.28. The molecule has 0 bridgehead atoms. The highest BCUT2D eigenvalue weighted by Crippen LogP contribution is 2.06. The van der Waals surface area contributed by atoms with E-state index in [2.05, 4.69) is 32.2 Å². The maximum absolute atomic E-state index is 11.0. The third-order valence-corrected chi connectivity index (χ3v) is 3.33. The van der Waals surface area contributed by atoms with E-state index in [1.54, 1.807) is 11.8 Å². The average Bonchev–Trinajstić information content (AvgIpc) is 2.26. The van der Waals surface area contributed by atoms with E-state index < -0.39 is 12.0 Å². The van der Waals surface area contributed by atoms with Crippen LogP contribution in [0.5, 0.6) is 0 Å². The molecule has 0 aliphatic carbocycles. The molecule has 4 heteroatoms. The van der Waals surface area contributed by atoms with E-state index in [1.165, 1.54) is 5.57 Å². The Kier molecular flexibility index (Phi) is 10.4. The number of carbonyl (C=O) groups is 1. The van der Waals surface area contributed by atoms with E-state index in [0.29, 0.717) is 5.75 Å². The Labute approximate surface area is 109 Å². The Balaban J connectivity index is 3.75. The van der Waals surface area contributed by atoms with Crippen LogP contribution in [0.15, 0.2) is 11.6 Å². The molecule has 0 aromatic heterocycles. The van der Waals surface area contributed by atoms with Crippen molar-refractivity contribution in [1.29, 1.82) is 0 Å². The molecule has 0 saturated heterocycles. The number of rotatable bonds is 10. The number of carboxylic acids is 1. The van der Waals surface area contributed by atoms with Crippen LogP contribution in [0.1, 0.15) is 40.0 Å². The average molecular weight is 259 g/mol. The minimum Gasteiger partial charge on any atom is -0.480 e. The predicted molar refractivity (Wildman–Crippen MR) is 75.7 cm³/mol. The van der Waals surface area contributed by atoms with Crippen LogP contribution in [0, 0.1) is 0 Å². The first-order valence-corrected chi connectivity index (χ1v) is 7.40. The molecule has 0 fully saturated rings. The summed E-state index contributed by atoms with van der Waals surface area (Å²) in [5.74, 6) is 0.778. The topological polar surface area (TPSA) is 49.3 Å². The van der Waals surface area contributed by atoms with E-state index in [1.807, 2.05) is 0 Å². The van der Waals surface area contributed by atoms with E-state index in [0.717, 1.165) is 31.6 Å². The quantitative estimate of drug-likeness (QED) is 0.468. The van der Waals surface area contributed by atoms with Crippen molar-refractivity contribution >= 4 is 17.7 Å². The summed E-state index contributed by atoms with van der Waals surface area (Å²) in [4.78, 5) is 11.0. The van der Waals surface area contributed by atoms with Gasteiger partial charge < -0.3 is 10.4 Å². The summed E-state index contributed by atoms with van der Waals surface area (Å²) >= 11 is 1.66. The fourth-order valence-electron chi connectivity index (χ4n) is 1.28. The number of hydrogen-bond donors (Lipinski definition) is 2. The number of carboxylic acid groups (broad SMARTS) is 1. The fourth-order valence-corrected chi connectivity index (χ4v) is 2.36. The third kappa shape index (κ3) is 10.4. The van der Waals surface area contributed by atoms with Crippen molar-refractivity contribution in [2.75, 3.05) is 18.1 Å². The smallest absolute Gasteiger partial charge is 0.321 e. The Morgan fingerprint density at radius 1 is 1.41 bits per heavy atom. The first kappa shape index (κ1) is 16.5. The standard InChI is InChI=1S/C13H25NO2S/c1-4-5-6-8-14-12(13(15)16)10-17-9-7-11(2)3/h7,12,14H,4-6,8-10H2,1-3H3,(H,15,16). The Morgan fingerprint density at radius 2 is 2.12 bits per heavy atom. The summed E-state index contributed by atoms with van der Waals surface area (Å²) < 4.78 is 0. The van der Waals surface area contributed by atoms with Gasteiger partial charge in [0.15, 0.2) is 0 Å². The summed E-state index contributed by atoms with van der Waals surface area (Å²) in [6.07, 6.45) is 5.50. The van der Waals surface area contributed by atoms with Crippen molar-refractivity contribution in [2.24, 2.45) is 0 Å². The van der Waals surface area contributed by atoms with Gasteiger partial charge in [0.05, 0.1) is 0 Å². The van der Waals surface area contributed by atoms with Crippen molar-refractivity contribution in [3.05, 3.63) is 11.6 Å². The highest BCUT2D eigenvalue weighted by molar-refractivity contribution is 7.99. The minimum absolute atomic E-state index is 0.414. The van der Waals surface area contributed by atoms with Gasteiger partial charge in [0, 0.05) is 11.5 Å². The lowest BCUT2D eigenvalue weighted by molar-refractivity contribution is -0.138. The van der Waals surface area contributed by atoms with Gasteiger partial charge in [-0.15, -0.1) is 0 Å². The molecule has 3 nitrogen and oxygen atoms in total. The van der Waals surface area contributed by atoms with Crippen LogP contribution in [0.3, 0.4) is 0 Å². The van der Waals surface area contributed by atoms with Gasteiger partial charge in [-0.3, -0.25) is 4.79 Å². The normalized spacial score (nSPS) is 12.2. The van der Waals surface area contributed by atoms with Crippen LogP contribution in [0.25, 0.3) is 0 Å². The van der Waals surface area contributed by atoms with E-state index in [9.17, 15) is 4.79 Å². The molecule has 0 aliphatic heterocycles. The third-order valence-electron chi connectivity index (χ3n) is 2.36. The monoisotopic (exact) mass is 259 g/mol. The first-order valence-electron chi connectivity index (χ1n) is 6.25. The number of allylic oxidation sites excluding steroid dienone is 1. The van der Waals surface area contributed by atoms with Gasteiger partial charge >= 0.3 is 5.97 Å². The fraction of sp³-hybridized carbons (Fsp3) is 0.769. The lowest BCUT2D eigenvalue weighted by Gasteiger charge is -2.13. The van der Waals surface area contributed by atoms with Gasteiger partial charge in [-0.05, 0) is 26.8 Å². The van der Waals surface area contributed by atoms with Crippen LogP contribution in [0.4, 0.5) is 0 Å². The molecule has 0 amide bonds. The van der Waals surface area contributed by atoms with Crippen LogP contribution in [-0.4, -0.2) is 35.2 Å². The molecule has 0 heterocycles. The number of aliphatic carboxylic acids is 1. The van der Waals surface area contributed by atoms with Gasteiger partial charge in [-0.1, -0.05) is 31.4 Å². The van der Waals surface area contributed by atoms with Crippen LogP contribution in [-0.2, 0) is 4.79 Å². The predicted octanol–water partition coefficient (Wildman–Crippen LogP) is 2.92. The molecule has 0 spiro atoms. The van der Waals surface area contributed by atoms with Crippen molar-refractivity contribution in [3.8, 4) is 0 Å². The Morgan fingerprint density at radius 3 is 2.65 bits per heavy atom. The second-order valence-electron chi connectivity index (χ2n) is 4.37. The summed E-state index contributed by atoms with van der Waals surface area (Å²) in [7, 11) is 0. The first-order chi connectivity index (χ1) is 8.07. The highest BCUT2D eigenvalue weighted by atomic mass is 32.2. The minimum atomic E-state index is -0.744. The summed E-state index contributed by atoms with van der Waals surface area (Å²) in [5, 5.41) is 12.1. The van der Waals surface area contributed by atoms with Crippen LogP contribution < -0.4 is 5.32 Å². The lowest BCUT2D eigenvalue weighted by Crippen LogP contribution is -2.39. The molecule has 100 valence electrons. The lowest BCUT2D eigenvalue weighted by atomic mass is 10.2. The SMILES string of the molecule is CCCCCNC(CSCC=C(C)C)C(=O)O. The summed E-state index contributed by atoms with van der Waals surface area (Å²) in [6, 6.07) is -0.414. The number of nitrogens with one attached hydrogen (secondary N) is 1. The molecular weight excluding hydrogens is 234 g/mol. The molecule has 0 saturated carbocycles. The van der Waals surface area contributed by atoms with Crippen molar-refractivity contribution < 1.29 is 9.90 Å². The summed E-state index contributed by atoms with van der Waals surface area (Å²) in [6.45, 7) is 7.05. The van der Waals surface area contributed by atoms with Crippen LogP contribution in [0.2, 0.25) is 0 Å². The zero-order valence-corrected chi connectivity index (χ0v) is 12.0.